The molecule has 1 unspecified atom stereocenters. The van der Waals surface area contributed by atoms with Gasteiger partial charge in [0.2, 0.25) is 0 Å². The molecule has 3 nitrogen and oxygen atoms in total. The van der Waals surface area contributed by atoms with Gasteiger partial charge in [-0.15, -0.1) is 12.4 Å². The molecule has 1 saturated heterocycles. The summed E-state index contributed by atoms with van der Waals surface area (Å²) in [6.45, 7) is 8.93. The summed E-state index contributed by atoms with van der Waals surface area (Å²) in [6.07, 6.45) is 2.71. The standard InChI is InChI=1S/C12H22BNO2.ClH/c1-7(14)13-15-10-6-8-5-9(11(8,2)3)12(10,4)16-13;/h7-10H,5-6,14H2,1-4H3;1H/t7-,8?,9-,10+,12-;/m0./s1. The molecule has 17 heavy (non-hydrogen) atoms. The molecule has 0 radical (unpaired) electrons. The maximum Gasteiger partial charge on any atom is 0.475 e. The van der Waals surface area contributed by atoms with Crippen molar-refractivity contribution in [2.75, 3.05) is 0 Å². The zero-order valence-corrected chi connectivity index (χ0v) is 11.9. The minimum absolute atomic E-state index is 0. The van der Waals surface area contributed by atoms with E-state index in [1.807, 2.05) is 6.92 Å². The van der Waals surface area contributed by atoms with Crippen LogP contribution in [0.25, 0.3) is 0 Å². The monoisotopic (exact) mass is 259 g/mol. The van der Waals surface area contributed by atoms with Gasteiger partial charge in [-0.1, -0.05) is 20.8 Å². The van der Waals surface area contributed by atoms with Crippen molar-refractivity contribution in [3.8, 4) is 0 Å². The molecule has 1 aliphatic heterocycles. The molecular weight excluding hydrogens is 236 g/mol. The van der Waals surface area contributed by atoms with Gasteiger partial charge in [0.25, 0.3) is 0 Å². The molecule has 2 N–H and O–H groups in total. The maximum absolute atomic E-state index is 6.15. The van der Waals surface area contributed by atoms with E-state index in [1.54, 1.807) is 0 Å². The van der Waals surface area contributed by atoms with Crippen molar-refractivity contribution in [2.24, 2.45) is 23.0 Å². The van der Waals surface area contributed by atoms with Gasteiger partial charge in [0.05, 0.1) is 11.7 Å². The summed E-state index contributed by atoms with van der Waals surface area (Å²) in [6, 6.07) is 0. The molecule has 4 fully saturated rings. The lowest BCUT2D eigenvalue weighted by Crippen LogP contribution is -2.65. The summed E-state index contributed by atoms with van der Waals surface area (Å²) in [5.74, 6) is 1.40. The predicted molar refractivity (Wildman–Crippen MR) is 71.0 cm³/mol. The second-order valence-corrected chi connectivity index (χ2v) is 6.70. The molecule has 3 saturated carbocycles. The van der Waals surface area contributed by atoms with E-state index in [0.717, 1.165) is 12.3 Å². The smallest absolute Gasteiger partial charge is 0.404 e. The largest absolute Gasteiger partial charge is 0.475 e. The van der Waals surface area contributed by atoms with Gasteiger partial charge in [-0.25, -0.2) is 0 Å². The van der Waals surface area contributed by atoms with E-state index in [9.17, 15) is 0 Å². The van der Waals surface area contributed by atoms with E-state index in [1.165, 1.54) is 6.42 Å². The topological polar surface area (TPSA) is 44.5 Å². The molecule has 0 aromatic heterocycles. The normalized spacial score (nSPS) is 47.8. The molecular formula is C12H23BClNO2. The quantitative estimate of drug-likeness (QED) is 0.733. The van der Waals surface area contributed by atoms with Crippen molar-refractivity contribution < 1.29 is 9.31 Å². The van der Waals surface area contributed by atoms with E-state index in [0.29, 0.717) is 11.3 Å². The number of halogens is 1. The Morgan fingerprint density at radius 1 is 1.29 bits per heavy atom. The lowest BCUT2D eigenvalue weighted by molar-refractivity contribution is -0.199. The van der Waals surface area contributed by atoms with Crippen LogP contribution in [-0.2, 0) is 9.31 Å². The summed E-state index contributed by atoms with van der Waals surface area (Å²) < 4.78 is 12.1. The van der Waals surface area contributed by atoms with E-state index >= 15 is 0 Å². The van der Waals surface area contributed by atoms with Crippen molar-refractivity contribution in [2.45, 2.75) is 58.2 Å². The van der Waals surface area contributed by atoms with E-state index in [-0.39, 0.29) is 37.2 Å². The fraction of sp³-hybridized carbons (Fsp3) is 1.00. The zero-order chi connectivity index (χ0) is 11.7. The molecule has 5 atom stereocenters. The van der Waals surface area contributed by atoms with Crippen molar-refractivity contribution in [1.29, 1.82) is 0 Å². The molecule has 0 aromatic rings. The highest BCUT2D eigenvalue weighted by atomic mass is 35.5. The first-order chi connectivity index (χ1) is 7.35. The highest BCUT2D eigenvalue weighted by Gasteiger charge is 2.68. The number of hydrogen-bond donors (Lipinski definition) is 1. The predicted octanol–water partition coefficient (Wildman–Crippen LogP) is 2.02. The Labute approximate surface area is 110 Å². The summed E-state index contributed by atoms with van der Waals surface area (Å²) in [5, 5.41) is 0. The third kappa shape index (κ3) is 1.61. The number of rotatable bonds is 1. The minimum atomic E-state index is -0.204. The Bertz CT molecular complexity index is 326. The molecule has 0 spiro atoms. The van der Waals surface area contributed by atoms with Crippen LogP contribution < -0.4 is 5.73 Å². The first-order valence-electron chi connectivity index (χ1n) is 6.44. The Morgan fingerprint density at radius 2 is 1.94 bits per heavy atom. The van der Waals surface area contributed by atoms with Gasteiger partial charge in [-0.05, 0) is 37.0 Å². The van der Waals surface area contributed by atoms with Gasteiger partial charge in [0.1, 0.15) is 0 Å². The van der Waals surface area contributed by atoms with Crippen LogP contribution in [0.2, 0.25) is 0 Å². The SMILES string of the molecule is C[C@H](N)B1O[C@@H]2CC3C[C@@H](C3(C)C)[C@]2(C)O1.Cl. The minimum Gasteiger partial charge on any atom is -0.404 e. The highest BCUT2D eigenvalue weighted by molar-refractivity contribution is 6.47. The van der Waals surface area contributed by atoms with Crippen LogP contribution >= 0.6 is 12.4 Å². The molecule has 1 heterocycles. The third-order valence-electron chi connectivity index (χ3n) is 5.40. The van der Waals surface area contributed by atoms with Gasteiger partial charge in [-0.2, -0.15) is 0 Å². The average molecular weight is 260 g/mol. The van der Waals surface area contributed by atoms with Crippen LogP contribution in [0.5, 0.6) is 0 Å². The second kappa shape index (κ2) is 3.86. The van der Waals surface area contributed by atoms with Crippen LogP contribution in [0.1, 0.15) is 40.5 Å². The first-order valence-corrected chi connectivity index (χ1v) is 6.44. The average Bonchev–Trinajstić information content (AvgIpc) is 2.54. The van der Waals surface area contributed by atoms with Gasteiger partial charge in [0.15, 0.2) is 0 Å². The second-order valence-electron chi connectivity index (χ2n) is 6.70. The lowest BCUT2D eigenvalue weighted by atomic mass is 9.43. The van der Waals surface area contributed by atoms with Crippen molar-refractivity contribution in [3.05, 3.63) is 0 Å². The molecule has 2 bridgehead atoms. The Balaban J connectivity index is 0.00000108. The Morgan fingerprint density at radius 3 is 2.47 bits per heavy atom. The summed E-state index contributed by atoms with van der Waals surface area (Å²) in [4.78, 5) is 0. The fourth-order valence-corrected chi connectivity index (χ4v) is 4.13. The van der Waals surface area contributed by atoms with Gasteiger partial charge >= 0.3 is 7.12 Å². The van der Waals surface area contributed by atoms with Gasteiger partial charge in [-0.3, -0.25) is 0 Å². The van der Waals surface area contributed by atoms with Crippen molar-refractivity contribution in [3.63, 3.8) is 0 Å². The number of nitrogens with two attached hydrogens (primary N) is 1. The Kier molecular flexibility index (Phi) is 3.10. The maximum atomic E-state index is 6.15. The fourth-order valence-electron chi connectivity index (χ4n) is 4.13. The molecule has 4 rings (SSSR count). The van der Waals surface area contributed by atoms with Crippen LogP contribution in [-0.4, -0.2) is 24.8 Å². The van der Waals surface area contributed by atoms with E-state index in [4.69, 9.17) is 15.0 Å². The number of hydrogen-bond acceptors (Lipinski definition) is 3. The summed E-state index contributed by atoms with van der Waals surface area (Å²) in [7, 11) is -0.204. The first kappa shape index (κ1) is 13.7. The van der Waals surface area contributed by atoms with E-state index < -0.39 is 0 Å². The van der Waals surface area contributed by atoms with Crippen LogP contribution in [0, 0.1) is 17.3 Å². The molecule has 3 aliphatic carbocycles. The lowest BCUT2D eigenvalue weighted by Gasteiger charge is -2.64. The highest BCUT2D eigenvalue weighted by Crippen LogP contribution is 2.65. The van der Waals surface area contributed by atoms with Crippen LogP contribution in [0.15, 0.2) is 0 Å². The third-order valence-corrected chi connectivity index (χ3v) is 5.40. The zero-order valence-electron chi connectivity index (χ0n) is 11.1. The van der Waals surface area contributed by atoms with Crippen LogP contribution in [0.3, 0.4) is 0 Å². The Hall–Kier alpha value is 0.235. The molecule has 98 valence electrons. The van der Waals surface area contributed by atoms with Gasteiger partial charge in [0, 0.05) is 5.94 Å². The van der Waals surface area contributed by atoms with E-state index in [2.05, 4.69) is 20.8 Å². The summed E-state index contributed by atoms with van der Waals surface area (Å²) in [5.41, 5.74) is 6.20. The molecule has 0 amide bonds. The van der Waals surface area contributed by atoms with Crippen molar-refractivity contribution >= 4 is 19.5 Å². The molecule has 0 aromatic carbocycles. The summed E-state index contributed by atoms with van der Waals surface area (Å²) >= 11 is 0. The molecule has 5 heteroatoms. The van der Waals surface area contributed by atoms with Crippen molar-refractivity contribution in [1.82, 2.24) is 0 Å². The van der Waals surface area contributed by atoms with Crippen LogP contribution in [0.4, 0.5) is 0 Å². The molecule has 4 aliphatic rings. The van der Waals surface area contributed by atoms with Gasteiger partial charge < -0.3 is 15.0 Å².